The van der Waals surface area contributed by atoms with Crippen molar-refractivity contribution in [1.82, 2.24) is 9.88 Å². The summed E-state index contributed by atoms with van der Waals surface area (Å²) in [4.78, 5) is 32.6. The molecule has 1 amide bonds. The normalized spacial score (nSPS) is 17.3. The number of aromatic nitrogens is 1. The molecule has 2 heterocycles. The number of carboxylic acids is 1. The number of rotatable bonds is 5. The molecule has 0 aliphatic carbocycles. The van der Waals surface area contributed by atoms with Crippen molar-refractivity contribution in [3.63, 3.8) is 0 Å². The molecule has 1 N–H and O–H groups in total. The van der Waals surface area contributed by atoms with E-state index in [9.17, 15) is 20.0 Å². The quantitative estimate of drug-likeness (QED) is 0.764. The third kappa shape index (κ3) is 4.28. The van der Waals surface area contributed by atoms with Crippen LogP contribution in [0.2, 0.25) is 0 Å². The molecule has 156 valence electrons. The highest BCUT2D eigenvalue weighted by Crippen LogP contribution is 2.33. The minimum absolute atomic E-state index is 0.0774. The summed E-state index contributed by atoms with van der Waals surface area (Å²) < 4.78 is 0. The lowest BCUT2D eigenvalue weighted by molar-refractivity contribution is -0.140. The Hall–Kier alpha value is -3.40. The molecule has 1 aromatic heterocycles. The second-order valence-electron chi connectivity index (χ2n) is 8.48. The van der Waals surface area contributed by atoms with Crippen molar-refractivity contribution in [1.29, 1.82) is 5.26 Å². The average molecular weight is 406 g/mol. The Labute approximate surface area is 176 Å². The Morgan fingerprint density at radius 1 is 1.27 bits per heavy atom. The topological polar surface area (TPSA) is 97.5 Å². The van der Waals surface area contributed by atoms with Crippen LogP contribution in [0.1, 0.15) is 50.8 Å². The molecule has 30 heavy (non-hydrogen) atoms. The summed E-state index contributed by atoms with van der Waals surface area (Å²) in [6.07, 6.45) is 6.31. The number of pyridine rings is 1. The third-order valence-electron chi connectivity index (χ3n) is 5.41. The lowest BCUT2D eigenvalue weighted by atomic mass is 9.87. The fraction of sp³-hybridized carbons (Fsp3) is 0.391. The van der Waals surface area contributed by atoms with E-state index in [0.717, 1.165) is 5.56 Å². The molecular formula is C23H26N4O3. The molecule has 2 aromatic rings. The molecule has 1 aliphatic rings. The first-order valence-corrected chi connectivity index (χ1v) is 9.96. The van der Waals surface area contributed by atoms with Crippen LogP contribution in [0.25, 0.3) is 0 Å². The number of carbonyl (C=O) groups excluding carboxylic acids is 1. The molecule has 3 rings (SSSR count). The van der Waals surface area contributed by atoms with Crippen LogP contribution in [0.5, 0.6) is 0 Å². The summed E-state index contributed by atoms with van der Waals surface area (Å²) in [5.41, 5.74) is 1.88. The number of carboxylic acid groups (broad SMARTS) is 1. The maximum atomic E-state index is 13.6. The number of hydrogen-bond acceptors (Lipinski definition) is 5. The summed E-state index contributed by atoms with van der Waals surface area (Å²) in [5.74, 6) is -1.55. The van der Waals surface area contributed by atoms with Crippen LogP contribution >= 0.6 is 0 Å². The van der Waals surface area contributed by atoms with E-state index >= 15 is 0 Å². The molecule has 1 aromatic carbocycles. The molecule has 1 aliphatic heterocycles. The maximum absolute atomic E-state index is 13.6. The van der Waals surface area contributed by atoms with E-state index in [1.165, 1.54) is 16.0 Å². The van der Waals surface area contributed by atoms with Crippen molar-refractivity contribution in [2.45, 2.75) is 51.1 Å². The van der Waals surface area contributed by atoms with Gasteiger partial charge in [-0.2, -0.15) is 5.26 Å². The van der Waals surface area contributed by atoms with E-state index in [-0.39, 0.29) is 5.41 Å². The van der Waals surface area contributed by atoms with Crippen LogP contribution in [0.3, 0.4) is 0 Å². The Morgan fingerprint density at radius 2 is 1.97 bits per heavy atom. The van der Waals surface area contributed by atoms with Crippen LogP contribution in [-0.2, 0) is 15.0 Å². The Balaban J connectivity index is 2.09. The van der Waals surface area contributed by atoms with Crippen molar-refractivity contribution in [3.05, 3.63) is 59.9 Å². The number of amides is 1. The summed E-state index contributed by atoms with van der Waals surface area (Å²) in [6, 6.07) is 8.75. The zero-order valence-electron chi connectivity index (χ0n) is 17.4. The van der Waals surface area contributed by atoms with Gasteiger partial charge in [-0.05, 0) is 42.0 Å². The number of hydrogen-bond donors (Lipinski definition) is 1. The number of likely N-dealkylation sites (tertiary alicyclic amines) is 1. The first kappa shape index (κ1) is 21.3. The van der Waals surface area contributed by atoms with Crippen molar-refractivity contribution in [2.75, 3.05) is 11.4 Å². The molecule has 0 spiro atoms. The zero-order chi connectivity index (χ0) is 21.9. The van der Waals surface area contributed by atoms with Crippen molar-refractivity contribution >= 4 is 17.6 Å². The van der Waals surface area contributed by atoms with Crippen LogP contribution in [-0.4, -0.2) is 39.5 Å². The number of nitriles is 1. The predicted octanol–water partition coefficient (Wildman–Crippen LogP) is 3.48. The van der Waals surface area contributed by atoms with Gasteiger partial charge >= 0.3 is 5.97 Å². The molecule has 2 atom stereocenters. The van der Waals surface area contributed by atoms with Crippen LogP contribution in [0.4, 0.5) is 5.69 Å². The highest BCUT2D eigenvalue weighted by molar-refractivity contribution is 6.02. The number of aliphatic carboxylic acids is 1. The Bertz CT molecular complexity index is 945. The largest absolute Gasteiger partial charge is 0.479 e. The Kier molecular flexibility index (Phi) is 6.06. The van der Waals surface area contributed by atoms with Crippen molar-refractivity contribution < 1.29 is 14.7 Å². The van der Waals surface area contributed by atoms with E-state index in [1.54, 1.807) is 30.5 Å². The van der Waals surface area contributed by atoms with Gasteiger partial charge in [0.1, 0.15) is 6.04 Å². The number of anilines is 1. The number of carbonyl (C=O) groups is 2. The molecular weight excluding hydrogens is 380 g/mol. The predicted molar refractivity (Wildman–Crippen MR) is 113 cm³/mol. The zero-order valence-corrected chi connectivity index (χ0v) is 17.4. The monoisotopic (exact) mass is 406 g/mol. The Morgan fingerprint density at radius 3 is 2.50 bits per heavy atom. The van der Waals surface area contributed by atoms with Gasteiger partial charge in [-0.25, -0.2) is 4.79 Å². The second-order valence-corrected chi connectivity index (χ2v) is 8.48. The van der Waals surface area contributed by atoms with Crippen LogP contribution < -0.4 is 4.90 Å². The fourth-order valence-corrected chi connectivity index (χ4v) is 3.77. The first-order valence-electron chi connectivity index (χ1n) is 9.96. The average Bonchev–Trinajstić information content (AvgIpc) is 3.20. The summed E-state index contributed by atoms with van der Waals surface area (Å²) in [7, 11) is 0. The van der Waals surface area contributed by atoms with Gasteiger partial charge < -0.3 is 5.11 Å². The van der Waals surface area contributed by atoms with Crippen LogP contribution in [0.15, 0.2) is 48.8 Å². The second kappa shape index (κ2) is 8.54. The SMILES string of the molecule is CC(C)(C)c1ccc(N(C(=O)[C@H]2CCCN2C#N)C(C(=O)O)c2cccnc2)cc1. The smallest absolute Gasteiger partial charge is 0.331 e. The molecule has 7 heteroatoms. The van der Waals surface area contributed by atoms with Gasteiger partial charge in [-0.15, -0.1) is 0 Å². The molecule has 7 nitrogen and oxygen atoms in total. The maximum Gasteiger partial charge on any atom is 0.331 e. The van der Waals surface area contributed by atoms with E-state index in [0.29, 0.717) is 30.6 Å². The van der Waals surface area contributed by atoms with Gasteiger partial charge in [0.2, 0.25) is 0 Å². The summed E-state index contributed by atoms with van der Waals surface area (Å²) >= 11 is 0. The molecule has 0 saturated carbocycles. The minimum atomic E-state index is -1.24. The van der Waals surface area contributed by atoms with Crippen molar-refractivity contribution in [2.24, 2.45) is 0 Å². The van der Waals surface area contributed by atoms with E-state index < -0.39 is 24.0 Å². The van der Waals surface area contributed by atoms with Gasteiger partial charge in [-0.1, -0.05) is 39.0 Å². The molecule has 0 bridgehead atoms. The molecule has 1 saturated heterocycles. The molecule has 1 fully saturated rings. The fourth-order valence-electron chi connectivity index (χ4n) is 3.77. The number of benzene rings is 1. The van der Waals surface area contributed by atoms with Gasteiger partial charge in [0.15, 0.2) is 12.2 Å². The standard InChI is InChI=1S/C23H26N4O3/c1-23(2,3)17-8-10-18(11-9-17)27(21(28)19-7-5-13-26(19)15-24)20(22(29)30)16-6-4-12-25-14-16/h4,6,8-12,14,19-20H,5,7,13H2,1-3H3,(H,29,30)/t19-,20?/m1/s1. The number of nitrogens with zero attached hydrogens (tertiary/aromatic N) is 4. The van der Waals surface area contributed by atoms with Gasteiger partial charge in [0.25, 0.3) is 5.91 Å². The van der Waals surface area contributed by atoms with Crippen molar-refractivity contribution in [3.8, 4) is 6.19 Å². The van der Waals surface area contributed by atoms with Gasteiger partial charge in [0.05, 0.1) is 0 Å². The van der Waals surface area contributed by atoms with Gasteiger partial charge in [-0.3, -0.25) is 19.6 Å². The van der Waals surface area contributed by atoms with E-state index in [1.807, 2.05) is 12.1 Å². The minimum Gasteiger partial charge on any atom is -0.479 e. The van der Waals surface area contributed by atoms with E-state index in [2.05, 4.69) is 31.9 Å². The van der Waals surface area contributed by atoms with Gasteiger partial charge in [0, 0.05) is 30.2 Å². The lowest BCUT2D eigenvalue weighted by Crippen LogP contribution is -2.48. The molecule has 1 unspecified atom stereocenters. The summed E-state index contributed by atoms with van der Waals surface area (Å²) in [5, 5.41) is 19.5. The third-order valence-corrected chi connectivity index (χ3v) is 5.41. The first-order chi connectivity index (χ1) is 14.2. The highest BCUT2D eigenvalue weighted by Gasteiger charge is 2.40. The van der Waals surface area contributed by atoms with E-state index in [4.69, 9.17) is 0 Å². The highest BCUT2D eigenvalue weighted by atomic mass is 16.4. The lowest BCUT2D eigenvalue weighted by Gasteiger charge is -2.33. The molecule has 0 radical (unpaired) electrons. The van der Waals surface area contributed by atoms with Crippen LogP contribution in [0, 0.1) is 11.5 Å². The summed E-state index contributed by atoms with van der Waals surface area (Å²) in [6.45, 7) is 6.76.